The Kier molecular flexibility index (Phi) is 4.19. The second kappa shape index (κ2) is 6.55. The minimum atomic E-state index is -1.12. The molecule has 4 heterocycles. The van der Waals surface area contributed by atoms with E-state index in [4.69, 9.17) is 11.6 Å². The number of carboxylic acid groups (broad SMARTS) is 1. The SMILES string of the molecule is CC(C)c1cnn2c(N(Cc3cnc4ccccn34)C(=O)O)cc(Cl)nc12. The zero-order valence-corrected chi connectivity index (χ0v) is 15.5. The molecule has 1 amide bonds. The number of pyridine rings is 1. The van der Waals surface area contributed by atoms with Crippen LogP contribution in [-0.4, -0.2) is 35.2 Å². The van der Waals surface area contributed by atoms with Crippen molar-refractivity contribution in [2.45, 2.75) is 26.3 Å². The second-order valence-corrected chi connectivity index (χ2v) is 6.86. The summed E-state index contributed by atoms with van der Waals surface area (Å²) in [5.74, 6) is 0.508. The first-order valence-electron chi connectivity index (χ1n) is 8.41. The van der Waals surface area contributed by atoms with Crippen molar-refractivity contribution in [3.05, 3.63) is 59.3 Å². The molecule has 0 aliphatic rings. The number of aromatic nitrogens is 5. The smallest absolute Gasteiger partial charge is 0.413 e. The fourth-order valence-corrected chi connectivity index (χ4v) is 3.22. The lowest BCUT2D eigenvalue weighted by atomic mass is 10.1. The molecular weight excluding hydrogens is 368 g/mol. The first-order valence-corrected chi connectivity index (χ1v) is 8.79. The van der Waals surface area contributed by atoms with Crippen LogP contribution in [0.5, 0.6) is 0 Å². The Morgan fingerprint density at radius 2 is 2.15 bits per heavy atom. The van der Waals surface area contributed by atoms with Crippen LogP contribution in [0.15, 0.2) is 42.9 Å². The Morgan fingerprint density at radius 1 is 1.33 bits per heavy atom. The highest BCUT2D eigenvalue weighted by molar-refractivity contribution is 6.29. The fourth-order valence-electron chi connectivity index (χ4n) is 3.05. The number of imidazole rings is 1. The van der Waals surface area contributed by atoms with Crippen molar-refractivity contribution >= 4 is 34.8 Å². The number of fused-ring (bicyclic) bond motifs is 2. The summed E-state index contributed by atoms with van der Waals surface area (Å²) < 4.78 is 3.36. The van der Waals surface area contributed by atoms with E-state index in [2.05, 4.69) is 15.1 Å². The molecule has 0 aliphatic carbocycles. The van der Waals surface area contributed by atoms with Gasteiger partial charge < -0.3 is 9.51 Å². The predicted octanol–water partition coefficient (Wildman–Crippen LogP) is 3.84. The van der Waals surface area contributed by atoms with E-state index in [0.717, 1.165) is 16.9 Å². The third-order valence-corrected chi connectivity index (χ3v) is 4.59. The van der Waals surface area contributed by atoms with Crippen LogP contribution < -0.4 is 4.90 Å². The lowest BCUT2D eigenvalue weighted by Gasteiger charge is -2.20. The highest BCUT2D eigenvalue weighted by atomic mass is 35.5. The van der Waals surface area contributed by atoms with Crippen molar-refractivity contribution in [3.63, 3.8) is 0 Å². The van der Waals surface area contributed by atoms with Gasteiger partial charge in [-0.3, -0.25) is 4.90 Å². The Bertz CT molecular complexity index is 1150. The van der Waals surface area contributed by atoms with Gasteiger partial charge in [-0.1, -0.05) is 31.5 Å². The maximum Gasteiger partial charge on any atom is 0.413 e. The van der Waals surface area contributed by atoms with Crippen LogP contribution in [-0.2, 0) is 6.54 Å². The quantitative estimate of drug-likeness (QED) is 0.540. The molecule has 138 valence electrons. The predicted molar refractivity (Wildman–Crippen MR) is 101 cm³/mol. The van der Waals surface area contributed by atoms with E-state index >= 15 is 0 Å². The van der Waals surface area contributed by atoms with Crippen LogP contribution in [0.25, 0.3) is 11.3 Å². The third kappa shape index (κ3) is 2.97. The van der Waals surface area contributed by atoms with Gasteiger partial charge in [-0.05, 0) is 18.1 Å². The number of hydrogen-bond acceptors (Lipinski definition) is 4. The van der Waals surface area contributed by atoms with Gasteiger partial charge in [0, 0.05) is 17.8 Å². The van der Waals surface area contributed by atoms with Crippen molar-refractivity contribution < 1.29 is 9.90 Å². The average molecular weight is 385 g/mol. The number of rotatable bonds is 4. The molecule has 0 unspecified atom stereocenters. The third-order valence-electron chi connectivity index (χ3n) is 4.39. The van der Waals surface area contributed by atoms with Gasteiger partial charge in [-0.25, -0.2) is 14.8 Å². The normalized spacial score (nSPS) is 11.6. The van der Waals surface area contributed by atoms with Crippen LogP contribution in [0.1, 0.15) is 31.0 Å². The van der Waals surface area contributed by atoms with E-state index in [0.29, 0.717) is 11.5 Å². The zero-order chi connectivity index (χ0) is 19.1. The Labute approximate surface area is 159 Å². The van der Waals surface area contributed by atoms with Crippen molar-refractivity contribution in [3.8, 4) is 0 Å². The molecule has 0 fully saturated rings. The van der Waals surface area contributed by atoms with Gasteiger partial charge in [0.05, 0.1) is 24.6 Å². The minimum Gasteiger partial charge on any atom is -0.465 e. The lowest BCUT2D eigenvalue weighted by molar-refractivity contribution is 0.201. The minimum absolute atomic E-state index is 0.0901. The maximum atomic E-state index is 12.0. The van der Waals surface area contributed by atoms with Gasteiger partial charge in [0.25, 0.3) is 0 Å². The van der Waals surface area contributed by atoms with Gasteiger partial charge >= 0.3 is 6.09 Å². The number of anilines is 1. The Balaban J connectivity index is 1.84. The topological polar surface area (TPSA) is 88.0 Å². The molecular formula is C18H17ClN6O2. The Hall–Kier alpha value is -3.13. The molecule has 9 heteroatoms. The number of carbonyl (C=O) groups is 1. The summed E-state index contributed by atoms with van der Waals surface area (Å²) in [5.41, 5.74) is 2.93. The van der Waals surface area contributed by atoms with E-state index in [9.17, 15) is 9.90 Å². The summed E-state index contributed by atoms with van der Waals surface area (Å²) in [5, 5.41) is 14.4. The summed E-state index contributed by atoms with van der Waals surface area (Å²) in [6.45, 7) is 4.13. The second-order valence-electron chi connectivity index (χ2n) is 6.47. The van der Waals surface area contributed by atoms with Crippen molar-refractivity contribution in [1.82, 2.24) is 24.0 Å². The summed E-state index contributed by atoms with van der Waals surface area (Å²) in [6, 6.07) is 7.11. The van der Waals surface area contributed by atoms with Crippen molar-refractivity contribution in [2.75, 3.05) is 4.90 Å². The molecule has 4 aromatic rings. The molecule has 27 heavy (non-hydrogen) atoms. The van der Waals surface area contributed by atoms with Crippen LogP contribution in [0.3, 0.4) is 0 Å². The van der Waals surface area contributed by atoms with Gasteiger partial charge in [0.1, 0.15) is 16.6 Å². The summed E-state index contributed by atoms with van der Waals surface area (Å²) in [6.07, 6.45) is 4.08. The monoisotopic (exact) mass is 384 g/mol. The fraction of sp³-hybridized carbons (Fsp3) is 0.222. The number of amides is 1. The van der Waals surface area contributed by atoms with Crippen LogP contribution >= 0.6 is 11.6 Å². The van der Waals surface area contributed by atoms with Gasteiger partial charge in [0.15, 0.2) is 5.65 Å². The number of nitrogens with zero attached hydrogens (tertiary/aromatic N) is 6. The number of halogens is 1. The van der Waals surface area contributed by atoms with Crippen LogP contribution in [0.4, 0.5) is 10.6 Å². The molecule has 4 aromatic heterocycles. The largest absolute Gasteiger partial charge is 0.465 e. The molecule has 0 saturated heterocycles. The molecule has 8 nitrogen and oxygen atoms in total. The molecule has 1 N–H and O–H groups in total. The lowest BCUT2D eigenvalue weighted by Crippen LogP contribution is -2.31. The summed E-state index contributed by atoms with van der Waals surface area (Å²) in [7, 11) is 0. The zero-order valence-electron chi connectivity index (χ0n) is 14.7. The summed E-state index contributed by atoms with van der Waals surface area (Å²) in [4.78, 5) is 21.9. The van der Waals surface area contributed by atoms with Crippen LogP contribution in [0.2, 0.25) is 5.15 Å². The molecule has 0 radical (unpaired) electrons. The van der Waals surface area contributed by atoms with Crippen LogP contribution in [0, 0.1) is 0 Å². The summed E-state index contributed by atoms with van der Waals surface area (Å²) >= 11 is 6.19. The molecule has 4 rings (SSSR count). The van der Waals surface area contributed by atoms with E-state index < -0.39 is 6.09 Å². The molecule has 0 aliphatic heterocycles. The molecule has 0 aromatic carbocycles. The standard InChI is InChI=1S/C18H17ClN6O2/c1-11(2)13-9-21-25-16(7-14(19)22-17(13)25)24(18(26)27)10-12-8-20-15-5-3-4-6-23(12)15/h3-9,11H,10H2,1-2H3,(H,26,27). The number of hydrogen-bond donors (Lipinski definition) is 1. The van der Waals surface area contributed by atoms with E-state index in [-0.39, 0.29) is 17.6 Å². The van der Waals surface area contributed by atoms with Gasteiger partial charge in [0.2, 0.25) is 0 Å². The van der Waals surface area contributed by atoms with E-state index in [1.807, 2.05) is 42.6 Å². The van der Waals surface area contributed by atoms with E-state index in [1.54, 1.807) is 12.4 Å². The molecule has 0 bridgehead atoms. The maximum absolute atomic E-state index is 12.0. The molecule has 0 saturated carbocycles. The molecule has 0 spiro atoms. The molecule has 0 atom stereocenters. The highest BCUT2D eigenvalue weighted by Crippen LogP contribution is 2.27. The first-order chi connectivity index (χ1) is 13.0. The van der Waals surface area contributed by atoms with Gasteiger partial charge in [-0.2, -0.15) is 9.61 Å². The highest BCUT2D eigenvalue weighted by Gasteiger charge is 2.23. The van der Waals surface area contributed by atoms with Crippen molar-refractivity contribution in [2.24, 2.45) is 0 Å². The van der Waals surface area contributed by atoms with Crippen molar-refractivity contribution in [1.29, 1.82) is 0 Å². The van der Waals surface area contributed by atoms with Gasteiger partial charge in [-0.15, -0.1) is 0 Å². The Morgan fingerprint density at radius 3 is 2.89 bits per heavy atom. The average Bonchev–Trinajstić information content (AvgIpc) is 3.23. The van der Waals surface area contributed by atoms with E-state index in [1.165, 1.54) is 15.5 Å². The first kappa shape index (κ1) is 17.3.